The van der Waals surface area contributed by atoms with Crippen molar-refractivity contribution in [3.05, 3.63) is 35.9 Å². The molecule has 0 saturated heterocycles. The normalized spacial score (nSPS) is 13.6. The van der Waals surface area contributed by atoms with E-state index in [1.807, 2.05) is 31.3 Å². The fraction of sp³-hybridized carbons (Fsp3) is 0.214. The number of amides is 1. The third-order valence-corrected chi connectivity index (χ3v) is 3.22. The first-order valence-electron chi connectivity index (χ1n) is 6.21. The zero-order valence-corrected chi connectivity index (χ0v) is 10.6. The molecule has 0 atom stereocenters. The topological polar surface area (TPSA) is 66.9 Å². The van der Waals surface area contributed by atoms with Crippen molar-refractivity contribution in [2.75, 3.05) is 17.7 Å². The lowest BCUT2D eigenvalue weighted by Crippen LogP contribution is -2.18. The Balaban J connectivity index is 1.95. The zero-order chi connectivity index (χ0) is 13.2. The quantitative estimate of drug-likeness (QED) is 0.861. The summed E-state index contributed by atoms with van der Waals surface area (Å²) >= 11 is 0. The van der Waals surface area contributed by atoms with Crippen LogP contribution in [0, 0.1) is 0 Å². The fourth-order valence-corrected chi connectivity index (χ4v) is 2.16. The Morgan fingerprint density at radius 2 is 2.05 bits per heavy atom. The number of rotatable bonds is 2. The SMILES string of the molecule is CNc1ccc(-c2ccc3c(c2)CCC(=O)N3)nn1. The van der Waals surface area contributed by atoms with Crippen LogP contribution >= 0.6 is 0 Å². The van der Waals surface area contributed by atoms with Gasteiger partial charge in [-0.3, -0.25) is 4.79 Å². The highest BCUT2D eigenvalue weighted by Gasteiger charge is 2.15. The summed E-state index contributed by atoms with van der Waals surface area (Å²) in [6.45, 7) is 0. The first kappa shape index (κ1) is 11.6. The molecule has 2 N–H and O–H groups in total. The highest BCUT2D eigenvalue weighted by molar-refractivity contribution is 5.94. The van der Waals surface area contributed by atoms with E-state index in [1.165, 1.54) is 0 Å². The molecule has 0 bridgehead atoms. The molecule has 0 unspecified atom stereocenters. The Labute approximate surface area is 111 Å². The fourth-order valence-electron chi connectivity index (χ4n) is 2.16. The number of benzene rings is 1. The molecule has 0 spiro atoms. The van der Waals surface area contributed by atoms with Gasteiger partial charge in [0.2, 0.25) is 5.91 Å². The summed E-state index contributed by atoms with van der Waals surface area (Å²) in [7, 11) is 1.81. The average Bonchev–Trinajstić information content (AvgIpc) is 2.47. The molecule has 19 heavy (non-hydrogen) atoms. The summed E-state index contributed by atoms with van der Waals surface area (Å²) in [5.41, 5.74) is 3.90. The molecule has 5 nitrogen and oxygen atoms in total. The minimum absolute atomic E-state index is 0.0819. The molecule has 96 valence electrons. The molecule has 1 amide bonds. The average molecular weight is 254 g/mol. The number of hydrogen-bond donors (Lipinski definition) is 2. The third kappa shape index (κ3) is 2.27. The Bertz CT molecular complexity index is 622. The molecule has 1 aromatic heterocycles. The molecule has 3 rings (SSSR count). The molecule has 5 heteroatoms. The van der Waals surface area contributed by atoms with Crippen LogP contribution < -0.4 is 10.6 Å². The van der Waals surface area contributed by atoms with E-state index in [-0.39, 0.29) is 5.91 Å². The van der Waals surface area contributed by atoms with Crippen molar-refractivity contribution in [1.29, 1.82) is 0 Å². The number of nitrogens with one attached hydrogen (secondary N) is 2. The molecule has 1 aliphatic heterocycles. The summed E-state index contributed by atoms with van der Waals surface area (Å²) in [5.74, 6) is 0.826. The van der Waals surface area contributed by atoms with Gasteiger partial charge in [0.15, 0.2) is 0 Å². The van der Waals surface area contributed by atoms with Gasteiger partial charge in [0.1, 0.15) is 5.82 Å². The van der Waals surface area contributed by atoms with Crippen LogP contribution in [-0.2, 0) is 11.2 Å². The number of aromatic nitrogens is 2. The smallest absolute Gasteiger partial charge is 0.224 e. The molecule has 0 saturated carbocycles. The Morgan fingerprint density at radius 3 is 2.79 bits per heavy atom. The van der Waals surface area contributed by atoms with Gasteiger partial charge in [-0.2, -0.15) is 0 Å². The van der Waals surface area contributed by atoms with Crippen LogP contribution in [0.4, 0.5) is 11.5 Å². The number of carbonyl (C=O) groups is 1. The summed E-state index contributed by atoms with van der Waals surface area (Å²) < 4.78 is 0. The van der Waals surface area contributed by atoms with Crippen LogP contribution in [-0.4, -0.2) is 23.2 Å². The second-order valence-corrected chi connectivity index (χ2v) is 4.47. The van der Waals surface area contributed by atoms with Gasteiger partial charge in [-0.15, -0.1) is 10.2 Å². The van der Waals surface area contributed by atoms with Gasteiger partial charge in [0.25, 0.3) is 0 Å². The van der Waals surface area contributed by atoms with Gasteiger partial charge in [0, 0.05) is 24.7 Å². The molecule has 2 aromatic rings. The highest BCUT2D eigenvalue weighted by atomic mass is 16.1. The van der Waals surface area contributed by atoms with E-state index in [0.29, 0.717) is 6.42 Å². The van der Waals surface area contributed by atoms with E-state index in [0.717, 1.165) is 34.7 Å². The summed E-state index contributed by atoms with van der Waals surface area (Å²) in [5, 5.41) is 14.1. The molecular weight excluding hydrogens is 240 g/mol. The summed E-state index contributed by atoms with van der Waals surface area (Å²) in [6, 6.07) is 9.77. The number of aryl methyl sites for hydroxylation is 1. The Hall–Kier alpha value is -2.43. The minimum Gasteiger partial charge on any atom is -0.372 e. The van der Waals surface area contributed by atoms with E-state index in [9.17, 15) is 4.79 Å². The predicted octanol–water partition coefficient (Wildman–Crippen LogP) is 2.07. The second-order valence-electron chi connectivity index (χ2n) is 4.47. The second kappa shape index (κ2) is 4.68. The maximum Gasteiger partial charge on any atom is 0.224 e. The van der Waals surface area contributed by atoms with Crippen molar-refractivity contribution in [3.8, 4) is 11.3 Å². The largest absolute Gasteiger partial charge is 0.372 e. The number of hydrogen-bond acceptors (Lipinski definition) is 4. The van der Waals surface area contributed by atoms with Crippen molar-refractivity contribution >= 4 is 17.4 Å². The van der Waals surface area contributed by atoms with Crippen LogP contribution in [0.3, 0.4) is 0 Å². The first-order valence-corrected chi connectivity index (χ1v) is 6.21. The van der Waals surface area contributed by atoms with E-state index in [2.05, 4.69) is 26.9 Å². The number of nitrogens with zero attached hydrogens (tertiary/aromatic N) is 2. The van der Waals surface area contributed by atoms with Crippen LogP contribution in [0.2, 0.25) is 0 Å². The molecule has 1 aromatic carbocycles. The molecular formula is C14H14N4O. The number of anilines is 2. The number of carbonyl (C=O) groups excluding carboxylic acids is 1. The van der Waals surface area contributed by atoms with E-state index in [4.69, 9.17) is 0 Å². The van der Waals surface area contributed by atoms with E-state index in [1.54, 1.807) is 0 Å². The van der Waals surface area contributed by atoms with Gasteiger partial charge < -0.3 is 10.6 Å². The minimum atomic E-state index is 0.0819. The highest BCUT2D eigenvalue weighted by Crippen LogP contribution is 2.27. The maximum absolute atomic E-state index is 11.3. The summed E-state index contributed by atoms with van der Waals surface area (Å²) in [6.07, 6.45) is 1.32. The van der Waals surface area contributed by atoms with E-state index >= 15 is 0 Å². The summed E-state index contributed by atoms with van der Waals surface area (Å²) in [4.78, 5) is 11.3. The van der Waals surface area contributed by atoms with Crippen molar-refractivity contribution in [3.63, 3.8) is 0 Å². The van der Waals surface area contributed by atoms with Crippen molar-refractivity contribution in [1.82, 2.24) is 10.2 Å². The van der Waals surface area contributed by atoms with Gasteiger partial charge >= 0.3 is 0 Å². The van der Waals surface area contributed by atoms with Crippen LogP contribution in [0.5, 0.6) is 0 Å². The van der Waals surface area contributed by atoms with Gasteiger partial charge in [-0.05, 0) is 36.2 Å². The molecule has 2 heterocycles. The zero-order valence-electron chi connectivity index (χ0n) is 10.6. The van der Waals surface area contributed by atoms with E-state index < -0.39 is 0 Å². The first-order chi connectivity index (χ1) is 9.26. The van der Waals surface area contributed by atoms with Crippen LogP contribution in [0.15, 0.2) is 30.3 Å². The molecule has 0 fully saturated rings. The Morgan fingerprint density at radius 1 is 1.16 bits per heavy atom. The van der Waals surface area contributed by atoms with Crippen LogP contribution in [0.25, 0.3) is 11.3 Å². The lowest BCUT2D eigenvalue weighted by atomic mass is 9.99. The lowest BCUT2D eigenvalue weighted by molar-refractivity contribution is -0.116. The third-order valence-electron chi connectivity index (χ3n) is 3.22. The van der Waals surface area contributed by atoms with Gasteiger partial charge in [-0.25, -0.2) is 0 Å². The standard InChI is InChI=1S/C14H14N4O/c1-15-13-6-5-12(17-18-13)10-2-4-11-9(8-10)3-7-14(19)16-11/h2,4-6,8H,3,7H2,1H3,(H,15,18)(H,16,19). The van der Waals surface area contributed by atoms with Crippen molar-refractivity contribution < 1.29 is 4.79 Å². The maximum atomic E-state index is 11.3. The van der Waals surface area contributed by atoms with Gasteiger partial charge in [-0.1, -0.05) is 6.07 Å². The monoisotopic (exact) mass is 254 g/mol. The van der Waals surface area contributed by atoms with Crippen molar-refractivity contribution in [2.45, 2.75) is 12.8 Å². The number of fused-ring (bicyclic) bond motifs is 1. The Kier molecular flexibility index (Phi) is 2.87. The van der Waals surface area contributed by atoms with Gasteiger partial charge in [0.05, 0.1) is 5.69 Å². The molecule has 0 radical (unpaired) electrons. The molecule has 0 aliphatic carbocycles. The van der Waals surface area contributed by atoms with Crippen molar-refractivity contribution in [2.24, 2.45) is 0 Å². The lowest BCUT2D eigenvalue weighted by Gasteiger charge is -2.17. The molecule has 1 aliphatic rings. The predicted molar refractivity (Wildman–Crippen MR) is 74.0 cm³/mol. The van der Waals surface area contributed by atoms with Crippen LogP contribution in [0.1, 0.15) is 12.0 Å².